The van der Waals surface area contributed by atoms with Crippen molar-refractivity contribution in [3.05, 3.63) is 24.3 Å². The lowest BCUT2D eigenvalue weighted by molar-refractivity contribution is -0.118. The van der Waals surface area contributed by atoms with Crippen LogP contribution in [0.2, 0.25) is 0 Å². The number of benzene rings is 1. The minimum Gasteiger partial charge on any atom is -0.355 e. The van der Waals surface area contributed by atoms with Crippen molar-refractivity contribution >= 4 is 51.6 Å². The Morgan fingerprint density at radius 1 is 1.50 bits per heavy atom. The van der Waals surface area contributed by atoms with E-state index in [4.69, 9.17) is 5.73 Å². The van der Waals surface area contributed by atoms with Gasteiger partial charge in [0.2, 0.25) is 5.91 Å². The van der Waals surface area contributed by atoms with Crippen molar-refractivity contribution < 1.29 is 4.79 Å². The number of aromatic nitrogens is 1. The largest absolute Gasteiger partial charge is 0.355 e. The Morgan fingerprint density at radius 3 is 2.95 bits per heavy atom. The van der Waals surface area contributed by atoms with Gasteiger partial charge in [0.15, 0.2) is 4.34 Å². The van der Waals surface area contributed by atoms with Gasteiger partial charge in [-0.15, -0.1) is 23.7 Å². The summed E-state index contributed by atoms with van der Waals surface area (Å²) in [5, 5.41) is 2.87. The third-order valence-electron chi connectivity index (χ3n) is 2.65. The maximum atomic E-state index is 11.7. The lowest BCUT2D eigenvalue weighted by Crippen LogP contribution is -2.32. The number of hydrogen-bond acceptors (Lipinski definition) is 5. The number of nitrogens with one attached hydrogen (secondary N) is 1. The van der Waals surface area contributed by atoms with Gasteiger partial charge in [0.05, 0.1) is 16.0 Å². The van der Waals surface area contributed by atoms with Crippen molar-refractivity contribution in [2.24, 2.45) is 11.7 Å². The van der Waals surface area contributed by atoms with Gasteiger partial charge in [-0.25, -0.2) is 4.98 Å². The molecule has 4 nitrogen and oxygen atoms in total. The van der Waals surface area contributed by atoms with E-state index in [9.17, 15) is 4.79 Å². The number of thiazole rings is 1. The normalized spacial score (nSPS) is 11.9. The molecule has 0 fully saturated rings. The number of hydrogen-bond donors (Lipinski definition) is 2. The van der Waals surface area contributed by atoms with Crippen LogP contribution in [0.4, 0.5) is 0 Å². The average molecular weight is 332 g/mol. The highest BCUT2D eigenvalue weighted by atomic mass is 35.5. The Bertz CT molecular complexity index is 528. The zero-order valence-corrected chi connectivity index (χ0v) is 13.6. The number of thioether (sulfide) groups is 1. The zero-order chi connectivity index (χ0) is 13.7. The molecule has 1 atom stereocenters. The number of halogens is 1. The number of fused-ring (bicyclic) bond motifs is 1. The molecule has 0 saturated heterocycles. The Kier molecular flexibility index (Phi) is 7.29. The second kappa shape index (κ2) is 8.46. The maximum absolute atomic E-state index is 11.7. The molecule has 2 aromatic rings. The molecule has 20 heavy (non-hydrogen) atoms. The van der Waals surface area contributed by atoms with Crippen molar-refractivity contribution in [3.8, 4) is 0 Å². The van der Waals surface area contributed by atoms with Crippen LogP contribution in [0.5, 0.6) is 0 Å². The quantitative estimate of drug-likeness (QED) is 0.798. The molecule has 7 heteroatoms. The Labute approximate surface area is 132 Å². The molecule has 0 aliphatic carbocycles. The molecule has 0 saturated carbocycles. The van der Waals surface area contributed by atoms with E-state index in [0.717, 1.165) is 14.6 Å². The van der Waals surface area contributed by atoms with Gasteiger partial charge in [-0.3, -0.25) is 4.79 Å². The standard InChI is InChI=1S/C13H17N3OS2.ClH/c1-9(6-14)7-15-12(17)8-18-13-16-10-4-2-3-5-11(10)19-13;/h2-5,9H,6-8,14H2,1H3,(H,15,17);1H. The van der Waals surface area contributed by atoms with Gasteiger partial charge in [-0.1, -0.05) is 30.8 Å². The number of nitrogens with two attached hydrogens (primary N) is 1. The highest BCUT2D eigenvalue weighted by molar-refractivity contribution is 8.01. The van der Waals surface area contributed by atoms with Crippen molar-refractivity contribution in [1.82, 2.24) is 10.3 Å². The third-order valence-corrected chi connectivity index (χ3v) is 4.83. The summed E-state index contributed by atoms with van der Waals surface area (Å²) in [4.78, 5) is 16.1. The molecule has 0 aliphatic heterocycles. The molecule has 0 spiro atoms. The minimum atomic E-state index is 0. The van der Waals surface area contributed by atoms with E-state index in [2.05, 4.69) is 10.3 Å². The van der Waals surface area contributed by atoms with Crippen LogP contribution in [0.3, 0.4) is 0 Å². The highest BCUT2D eigenvalue weighted by Gasteiger charge is 2.08. The van der Waals surface area contributed by atoms with Crippen LogP contribution in [0.25, 0.3) is 10.2 Å². The summed E-state index contributed by atoms with van der Waals surface area (Å²) >= 11 is 3.10. The van der Waals surface area contributed by atoms with E-state index in [1.54, 1.807) is 11.3 Å². The van der Waals surface area contributed by atoms with E-state index in [1.807, 2.05) is 31.2 Å². The Morgan fingerprint density at radius 2 is 2.25 bits per heavy atom. The van der Waals surface area contributed by atoms with Crippen LogP contribution in [0, 0.1) is 5.92 Å². The summed E-state index contributed by atoms with van der Waals surface area (Å²) in [5.74, 6) is 0.748. The molecule has 1 aromatic carbocycles. The fourth-order valence-electron chi connectivity index (χ4n) is 1.46. The first-order valence-electron chi connectivity index (χ1n) is 6.14. The summed E-state index contributed by atoms with van der Waals surface area (Å²) < 4.78 is 2.09. The number of carbonyl (C=O) groups excluding carboxylic acids is 1. The predicted molar refractivity (Wildman–Crippen MR) is 88.8 cm³/mol. The lowest BCUT2D eigenvalue weighted by Gasteiger charge is -2.09. The SMILES string of the molecule is CC(CN)CNC(=O)CSc1nc2ccccc2s1.Cl. The van der Waals surface area contributed by atoms with Gasteiger partial charge < -0.3 is 11.1 Å². The van der Waals surface area contributed by atoms with Crippen LogP contribution in [0.15, 0.2) is 28.6 Å². The summed E-state index contributed by atoms with van der Waals surface area (Å²) in [7, 11) is 0. The first-order valence-corrected chi connectivity index (χ1v) is 7.94. The van der Waals surface area contributed by atoms with Gasteiger partial charge >= 0.3 is 0 Å². The summed E-state index contributed by atoms with van der Waals surface area (Å²) in [5.41, 5.74) is 6.49. The van der Waals surface area contributed by atoms with Gasteiger partial charge in [0.25, 0.3) is 0 Å². The molecule has 2 rings (SSSR count). The molecular formula is C13H18ClN3OS2. The van der Waals surface area contributed by atoms with Crippen LogP contribution < -0.4 is 11.1 Å². The fourth-order valence-corrected chi connectivity index (χ4v) is 3.36. The Hall–Kier alpha value is -0.820. The second-order valence-electron chi connectivity index (χ2n) is 4.38. The summed E-state index contributed by atoms with van der Waals surface area (Å²) in [6.07, 6.45) is 0. The number of rotatable bonds is 6. The molecule has 0 radical (unpaired) electrons. The second-order valence-corrected chi connectivity index (χ2v) is 6.63. The Balaban J connectivity index is 0.00000200. The smallest absolute Gasteiger partial charge is 0.230 e. The number of amides is 1. The molecule has 3 N–H and O–H groups in total. The van der Waals surface area contributed by atoms with Crippen LogP contribution in [-0.4, -0.2) is 29.7 Å². The van der Waals surface area contributed by atoms with E-state index in [1.165, 1.54) is 11.8 Å². The molecule has 1 unspecified atom stereocenters. The van der Waals surface area contributed by atoms with Crippen LogP contribution in [0.1, 0.15) is 6.92 Å². The van der Waals surface area contributed by atoms with Gasteiger partial charge in [0, 0.05) is 6.54 Å². The molecule has 1 heterocycles. The van der Waals surface area contributed by atoms with E-state index in [-0.39, 0.29) is 18.3 Å². The van der Waals surface area contributed by atoms with E-state index < -0.39 is 0 Å². The summed E-state index contributed by atoms with van der Waals surface area (Å²) in [6, 6.07) is 7.99. The van der Waals surface area contributed by atoms with E-state index in [0.29, 0.717) is 24.8 Å². The van der Waals surface area contributed by atoms with Crippen molar-refractivity contribution in [3.63, 3.8) is 0 Å². The zero-order valence-electron chi connectivity index (χ0n) is 11.2. The number of carbonyl (C=O) groups is 1. The highest BCUT2D eigenvalue weighted by Crippen LogP contribution is 2.28. The monoisotopic (exact) mass is 331 g/mol. The van der Waals surface area contributed by atoms with Gasteiger partial charge in [-0.2, -0.15) is 0 Å². The average Bonchev–Trinajstić information content (AvgIpc) is 2.85. The first-order chi connectivity index (χ1) is 9.19. The molecule has 1 amide bonds. The first kappa shape index (κ1) is 17.2. The van der Waals surface area contributed by atoms with Gasteiger partial charge in [-0.05, 0) is 24.6 Å². The molecule has 110 valence electrons. The van der Waals surface area contributed by atoms with Crippen LogP contribution >= 0.6 is 35.5 Å². The van der Waals surface area contributed by atoms with Gasteiger partial charge in [0.1, 0.15) is 0 Å². The van der Waals surface area contributed by atoms with Crippen molar-refractivity contribution in [1.29, 1.82) is 0 Å². The molecular weight excluding hydrogens is 314 g/mol. The maximum Gasteiger partial charge on any atom is 0.230 e. The van der Waals surface area contributed by atoms with Crippen LogP contribution in [-0.2, 0) is 4.79 Å². The fraction of sp³-hybridized carbons (Fsp3) is 0.385. The van der Waals surface area contributed by atoms with Crippen molar-refractivity contribution in [2.45, 2.75) is 11.3 Å². The lowest BCUT2D eigenvalue weighted by atomic mass is 10.2. The van der Waals surface area contributed by atoms with E-state index >= 15 is 0 Å². The molecule has 0 aliphatic rings. The molecule has 0 bridgehead atoms. The topological polar surface area (TPSA) is 68.0 Å². The summed E-state index contributed by atoms with van der Waals surface area (Å²) in [6.45, 7) is 3.24. The number of nitrogens with zero attached hydrogens (tertiary/aromatic N) is 1. The minimum absolute atomic E-state index is 0. The van der Waals surface area contributed by atoms with Crippen molar-refractivity contribution in [2.75, 3.05) is 18.8 Å². The number of para-hydroxylation sites is 1. The third kappa shape index (κ3) is 4.94. The molecule has 1 aromatic heterocycles. The predicted octanol–water partition coefficient (Wildman–Crippen LogP) is 2.52.